The van der Waals surface area contributed by atoms with Gasteiger partial charge in [-0.1, -0.05) is 0 Å². The van der Waals surface area contributed by atoms with Crippen LogP contribution in [0.4, 0.5) is 13.2 Å². The van der Waals surface area contributed by atoms with Crippen LogP contribution in [0.25, 0.3) is 0 Å². The van der Waals surface area contributed by atoms with Crippen molar-refractivity contribution in [3.8, 4) is 5.75 Å². The molecule has 0 saturated carbocycles. The van der Waals surface area contributed by atoms with E-state index in [0.717, 1.165) is 6.07 Å². The van der Waals surface area contributed by atoms with Gasteiger partial charge in [0.2, 0.25) is 5.76 Å². The molecule has 0 aromatic carbocycles. The molecule has 0 atom stereocenters. The normalized spacial score (nSPS) is 11.8. The zero-order valence-electron chi connectivity index (χ0n) is 6.53. The van der Waals surface area contributed by atoms with Crippen molar-refractivity contribution in [3.05, 3.63) is 17.6 Å². The van der Waals surface area contributed by atoms with Crippen molar-refractivity contribution >= 4 is 0 Å². The largest absolute Gasteiger partial charge is 0.493 e. The molecule has 1 heterocycles. The molecule has 0 spiro atoms. The Hall–Kier alpha value is -1.13. The van der Waals surface area contributed by atoms with Crippen LogP contribution in [0, 0.1) is 6.92 Å². The summed E-state index contributed by atoms with van der Waals surface area (Å²) in [7, 11) is 1.29. The highest BCUT2D eigenvalue weighted by molar-refractivity contribution is 5.28. The summed E-state index contributed by atoms with van der Waals surface area (Å²) in [4.78, 5) is 0. The quantitative estimate of drug-likeness (QED) is 0.662. The van der Waals surface area contributed by atoms with E-state index in [4.69, 9.17) is 0 Å². The zero-order chi connectivity index (χ0) is 9.35. The summed E-state index contributed by atoms with van der Waals surface area (Å²) in [6.07, 6.45) is -4.44. The fraction of sp³-hybridized carbons (Fsp3) is 0.429. The number of aryl methyl sites for hydroxylation is 1. The van der Waals surface area contributed by atoms with Crippen LogP contribution in [0.2, 0.25) is 0 Å². The molecule has 0 aliphatic carbocycles. The van der Waals surface area contributed by atoms with Crippen molar-refractivity contribution in [2.75, 3.05) is 7.11 Å². The van der Waals surface area contributed by atoms with Crippen molar-refractivity contribution in [1.29, 1.82) is 0 Å². The van der Waals surface area contributed by atoms with Crippen LogP contribution in [0.1, 0.15) is 11.5 Å². The Bertz CT molecular complexity index is 275. The number of hydrogen-bond donors (Lipinski definition) is 0. The lowest BCUT2D eigenvalue weighted by Crippen LogP contribution is -2.02. The van der Waals surface area contributed by atoms with Gasteiger partial charge in [0, 0.05) is 6.07 Å². The van der Waals surface area contributed by atoms with Gasteiger partial charge in [0.15, 0.2) is 5.75 Å². The molecule has 1 aromatic rings. The van der Waals surface area contributed by atoms with E-state index in [1.807, 2.05) is 0 Å². The average Bonchev–Trinajstić information content (AvgIpc) is 2.29. The molecule has 0 N–H and O–H groups in total. The van der Waals surface area contributed by atoms with Crippen molar-refractivity contribution in [1.82, 2.24) is 0 Å². The van der Waals surface area contributed by atoms with Crippen LogP contribution in [0.3, 0.4) is 0 Å². The molecule has 0 aliphatic rings. The Morgan fingerprint density at radius 1 is 1.42 bits per heavy atom. The molecule has 1 aromatic heterocycles. The Morgan fingerprint density at radius 2 is 2.00 bits per heavy atom. The SMILES string of the molecule is COc1cc(C(F)(F)F)oc1C. The average molecular weight is 180 g/mol. The standard InChI is InChI=1S/C7H7F3O2/c1-4-5(11-2)3-6(12-4)7(8,9)10/h3H,1-2H3. The van der Waals surface area contributed by atoms with Crippen LogP contribution in [-0.2, 0) is 6.18 Å². The lowest BCUT2D eigenvalue weighted by atomic mass is 10.4. The first-order valence-corrected chi connectivity index (χ1v) is 3.16. The second kappa shape index (κ2) is 2.73. The number of ether oxygens (including phenoxy) is 1. The van der Waals surface area contributed by atoms with Crippen LogP contribution in [0.15, 0.2) is 10.5 Å². The molecule has 0 saturated heterocycles. The van der Waals surface area contributed by atoms with Gasteiger partial charge in [0.25, 0.3) is 0 Å². The maximum atomic E-state index is 12.0. The van der Waals surface area contributed by atoms with E-state index in [1.54, 1.807) is 0 Å². The van der Waals surface area contributed by atoms with Gasteiger partial charge >= 0.3 is 6.18 Å². The smallest absolute Gasteiger partial charge is 0.449 e. The summed E-state index contributed by atoms with van der Waals surface area (Å²) in [6.45, 7) is 1.41. The summed E-state index contributed by atoms with van der Waals surface area (Å²) in [5.41, 5.74) is 0. The van der Waals surface area contributed by atoms with Gasteiger partial charge in [-0.15, -0.1) is 0 Å². The lowest BCUT2D eigenvalue weighted by molar-refractivity contribution is -0.153. The highest BCUT2D eigenvalue weighted by Crippen LogP contribution is 2.34. The molecule has 0 bridgehead atoms. The van der Waals surface area contributed by atoms with Gasteiger partial charge in [-0.25, -0.2) is 0 Å². The zero-order valence-corrected chi connectivity index (χ0v) is 6.53. The molecule has 0 fully saturated rings. The summed E-state index contributed by atoms with van der Waals surface area (Å²) < 4.78 is 45.0. The number of furan rings is 1. The molecule has 12 heavy (non-hydrogen) atoms. The van der Waals surface area contributed by atoms with Gasteiger partial charge in [0.05, 0.1) is 7.11 Å². The first-order chi connectivity index (χ1) is 5.45. The van der Waals surface area contributed by atoms with Gasteiger partial charge in [-0.3, -0.25) is 0 Å². The third-order valence-electron chi connectivity index (χ3n) is 1.37. The molecular weight excluding hydrogens is 173 g/mol. The fourth-order valence-electron chi connectivity index (χ4n) is 0.808. The van der Waals surface area contributed by atoms with Crippen LogP contribution in [-0.4, -0.2) is 7.11 Å². The van der Waals surface area contributed by atoms with Gasteiger partial charge in [0.1, 0.15) is 5.76 Å². The Morgan fingerprint density at radius 3 is 2.25 bits per heavy atom. The predicted molar refractivity (Wildman–Crippen MR) is 35.0 cm³/mol. The van der Waals surface area contributed by atoms with Crippen LogP contribution in [0.5, 0.6) is 5.75 Å². The summed E-state index contributed by atoms with van der Waals surface area (Å²) in [6, 6.07) is 0.829. The number of rotatable bonds is 1. The third-order valence-corrected chi connectivity index (χ3v) is 1.37. The minimum Gasteiger partial charge on any atom is -0.493 e. The predicted octanol–water partition coefficient (Wildman–Crippen LogP) is 2.62. The summed E-state index contributed by atoms with van der Waals surface area (Å²) >= 11 is 0. The maximum absolute atomic E-state index is 12.0. The molecule has 68 valence electrons. The van der Waals surface area contributed by atoms with E-state index in [1.165, 1.54) is 14.0 Å². The maximum Gasteiger partial charge on any atom is 0.449 e. The summed E-state index contributed by atoms with van der Waals surface area (Å²) in [5.74, 6) is -0.788. The minimum absolute atomic E-state index is 0.113. The Balaban J connectivity index is 3.05. The van der Waals surface area contributed by atoms with Crippen molar-refractivity contribution in [2.45, 2.75) is 13.1 Å². The highest BCUT2D eigenvalue weighted by atomic mass is 19.4. The number of halogens is 3. The molecule has 1 rings (SSSR count). The number of methoxy groups -OCH3 is 1. The Labute approximate surface area is 66.9 Å². The van der Waals surface area contributed by atoms with Gasteiger partial charge < -0.3 is 9.15 Å². The number of hydrogen-bond acceptors (Lipinski definition) is 2. The first-order valence-electron chi connectivity index (χ1n) is 3.16. The molecule has 0 radical (unpaired) electrons. The van der Waals surface area contributed by atoms with E-state index < -0.39 is 11.9 Å². The van der Waals surface area contributed by atoms with E-state index in [-0.39, 0.29) is 11.5 Å². The van der Waals surface area contributed by atoms with Crippen molar-refractivity contribution in [3.63, 3.8) is 0 Å². The highest BCUT2D eigenvalue weighted by Gasteiger charge is 2.35. The van der Waals surface area contributed by atoms with Gasteiger partial charge in [-0.2, -0.15) is 13.2 Å². The van der Waals surface area contributed by atoms with E-state index >= 15 is 0 Å². The van der Waals surface area contributed by atoms with E-state index in [0.29, 0.717) is 0 Å². The topological polar surface area (TPSA) is 22.4 Å². The molecule has 2 nitrogen and oxygen atoms in total. The lowest BCUT2D eigenvalue weighted by Gasteiger charge is -1.98. The Kier molecular flexibility index (Phi) is 2.04. The minimum atomic E-state index is -4.44. The van der Waals surface area contributed by atoms with E-state index in [2.05, 4.69) is 9.15 Å². The van der Waals surface area contributed by atoms with Crippen molar-refractivity contribution in [2.24, 2.45) is 0 Å². The third kappa shape index (κ3) is 1.54. The molecule has 5 heteroatoms. The fourth-order valence-corrected chi connectivity index (χ4v) is 0.808. The molecule has 0 aliphatic heterocycles. The number of alkyl halides is 3. The molecule has 0 unspecified atom stereocenters. The molecular formula is C7H7F3O2. The van der Waals surface area contributed by atoms with E-state index in [9.17, 15) is 13.2 Å². The summed E-state index contributed by atoms with van der Waals surface area (Å²) in [5, 5.41) is 0. The van der Waals surface area contributed by atoms with Crippen LogP contribution >= 0.6 is 0 Å². The molecule has 0 amide bonds. The first kappa shape index (κ1) is 8.96. The second-order valence-corrected chi connectivity index (χ2v) is 2.23. The monoisotopic (exact) mass is 180 g/mol. The van der Waals surface area contributed by atoms with Crippen molar-refractivity contribution < 1.29 is 22.3 Å². The van der Waals surface area contributed by atoms with Gasteiger partial charge in [-0.05, 0) is 6.92 Å². The second-order valence-electron chi connectivity index (χ2n) is 2.23. The van der Waals surface area contributed by atoms with Crippen LogP contribution < -0.4 is 4.74 Å².